The van der Waals surface area contributed by atoms with E-state index in [1.807, 2.05) is 67.6 Å². The summed E-state index contributed by atoms with van der Waals surface area (Å²) in [6.45, 7) is 5.48. The number of rotatable bonds is 6. The maximum atomic E-state index is 13.0. The second-order valence-electron chi connectivity index (χ2n) is 7.21. The standard InChI is InChI=1S/C25H25NO4/c1-16-10-7-8-14-20(16)23-21(24(27)28)17(2)26-18(3)22(23)25(29)30-15-9-13-19-11-5-4-6-12-19/h4-14,23,26H,15H2,1-3H3,(H,27,28)/b13-9+. The Hall–Kier alpha value is -3.60. The van der Waals surface area contributed by atoms with Crippen molar-refractivity contribution in [1.29, 1.82) is 0 Å². The third-order valence-electron chi connectivity index (χ3n) is 5.13. The number of carbonyl (C=O) groups excluding carboxylic acids is 1. The van der Waals surface area contributed by atoms with Gasteiger partial charge in [-0.05, 0) is 43.5 Å². The van der Waals surface area contributed by atoms with Gasteiger partial charge in [-0.3, -0.25) is 0 Å². The van der Waals surface area contributed by atoms with E-state index in [9.17, 15) is 14.7 Å². The molecular formula is C25H25NO4. The molecule has 0 radical (unpaired) electrons. The van der Waals surface area contributed by atoms with Crippen molar-refractivity contribution in [1.82, 2.24) is 5.32 Å². The summed E-state index contributed by atoms with van der Waals surface area (Å²) >= 11 is 0. The Balaban J connectivity index is 1.89. The van der Waals surface area contributed by atoms with Crippen LogP contribution in [-0.4, -0.2) is 23.7 Å². The molecule has 2 aromatic carbocycles. The number of aliphatic carboxylic acids is 1. The van der Waals surface area contributed by atoms with Crippen LogP contribution in [0.15, 0.2) is 83.2 Å². The number of hydrogen-bond acceptors (Lipinski definition) is 4. The molecule has 1 aliphatic rings. The molecule has 2 N–H and O–H groups in total. The highest BCUT2D eigenvalue weighted by Gasteiger charge is 2.37. The van der Waals surface area contributed by atoms with Crippen molar-refractivity contribution < 1.29 is 19.4 Å². The summed E-state index contributed by atoms with van der Waals surface area (Å²) < 4.78 is 5.49. The van der Waals surface area contributed by atoms with Gasteiger partial charge in [0.1, 0.15) is 6.61 Å². The van der Waals surface area contributed by atoms with Crippen molar-refractivity contribution in [2.75, 3.05) is 6.61 Å². The number of carboxylic acid groups (broad SMARTS) is 1. The van der Waals surface area contributed by atoms with Crippen LogP contribution in [0.2, 0.25) is 0 Å². The summed E-state index contributed by atoms with van der Waals surface area (Å²) in [5.74, 6) is -2.29. The quantitative estimate of drug-likeness (QED) is 0.691. The summed E-state index contributed by atoms with van der Waals surface area (Å²) in [5, 5.41) is 12.9. The van der Waals surface area contributed by atoms with Gasteiger partial charge in [0.25, 0.3) is 0 Å². The van der Waals surface area contributed by atoms with Gasteiger partial charge in [0.2, 0.25) is 0 Å². The number of aryl methyl sites for hydroxylation is 1. The average Bonchev–Trinajstić information content (AvgIpc) is 2.71. The molecule has 2 aromatic rings. The van der Waals surface area contributed by atoms with Crippen LogP contribution in [0.25, 0.3) is 6.08 Å². The molecule has 0 saturated carbocycles. The predicted molar refractivity (Wildman–Crippen MR) is 117 cm³/mol. The van der Waals surface area contributed by atoms with Gasteiger partial charge in [-0.2, -0.15) is 0 Å². The zero-order chi connectivity index (χ0) is 21.7. The Morgan fingerprint density at radius 2 is 1.60 bits per heavy atom. The minimum Gasteiger partial charge on any atom is -0.478 e. The van der Waals surface area contributed by atoms with E-state index in [-0.39, 0.29) is 12.2 Å². The molecule has 5 nitrogen and oxygen atoms in total. The molecule has 1 aliphatic heterocycles. The first kappa shape index (κ1) is 21.1. The number of carboxylic acids is 1. The molecule has 1 heterocycles. The summed E-state index contributed by atoms with van der Waals surface area (Å²) in [4.78, 5) is 25.1. The molecule has 30 heavy (non-hydrogen) atoms. The van der Waals surface area contributed by atoms with Gasteiger partial charge in [0.05, 0.1) is 17.1 Å². The fourth-order valence-corrected chi connectivity index (χ4v) is 3.72. The van der Waals surface area contributed by atoms with E-state index in [0.29, 0.717) is 17.0 Å². The van der Waals surface area contributed by atoms with Crippen LogP contribution in [0.1, 0.15) is 36.5 Å². The molecule has 0 aromatic heterocycles. The molecule has 0 fully saturated rings. The zero-order valence-electron chi connectivity index (χ0n) is 17.3. The number of benzene rings is 2. The van der Waals surface area contributed by atoms with Crippen molar-refractivity contribution in [3.63, 3.8) is 0 Å². The van der Waals surface area contributed by atoms with Crippen LogP contribution < -0.4 is 5.32 Å². The Morgan fingerprint density at radius 3 is 2.27 bits per heavy atom. The fourth-order valence-electron chi connectivity index (χ4n) is 3.72. The second kappa shape index (κ2) is 9.27. The van der Waals surface area contributed by atoms with Crippen LogP contribution in [0.3, 0.4) is 0 Å². The van der Waals surface area contributed by atoms with Crippen molar-refractivity contribution in [3.8, 4) is 0 Å². The van der Waals surface area contributed by atoms with Crippen molar-refractivity contribution in [3.05, 3.63) is 99.9 Å². The molecule has 154 valence electrons. The molecular weight excluding hydrogens is 378 g/mol. The summed E-state index contributed by atoms with van der Waals surface area (Å²) in [7, 11) is 0. The Kier molecular flexibility index (Phi) is 6.52. The molecule has 1 unspecified atom stereocenters. The van der Waals surface area contributed by atoms with E-state index in [4.69, 9.17) is 4.74 Å². The van der Waals surface area contributed by atoms with E-state index in [2.05, 4.69) is 5.32 Å². The topological polar surface area (TPSA) is 75.6 Å². The molecule has 0 spiro atoms. The van der Waals surface area contributed by atoms with Gasteiger partial charge in [0, 0.05) is 11.4 Å². The minimum atomic E-state index is -1.06. The lowest BCUT2D eigenvalue weighted by molar-refractivity contribution is -0.138. The lowest BCUT2D eigenvalue weighted by atomic mass is 9.79. The third-order valence-corrected chi connectivity index (χ3v) is 5.13. The normalized spacial score (nSPS) is 16.6. The first-order valence-corrected chi connectivity index (χ1v) is 9.76. The van der Waals surface area contributed by atoms with Crippen LogP contribution in [0, 0.1) is 6.92 Å². The van der Waals surface area contributed by atoms with Gasteiger partial charge in [-0.25, -0.2) is 9.59 Å². The number of hydrogen-bond donors (Lipinski definition) is 2. The molecule has 3 rings (SSSR count). The van der Waals surface area contributed by atoms with Crippen molar-refractivity contribution in [2.24, 2.45) is 0 Å². The van der Waals surface area contributed by atoms with Gasteiger partial charge >= 0.3 is 11.9 Å². The molecule has 0 aliphatic carbocycles. The Labute approximate surface area is 176 Å². The number of dihydropyridines is 1. The fraction of sp³-hybridized carbons (Fsp3) is 0.200. The van der Waals surface area contributed by atoms with Crippen LogP contribution in [0.5, 0.6) is 0 Å². The lowest BCUT2D eigenvalue weighted by Gasteiger charge is -2.30. The van der Waals surface area contributed by atoms with Gasteiger partial charge < -0.3 is 15.2 Å². The first-order chi connectivity index (χ1) is 14.4. The highest BCUT2D eigenvalue weighted by atomic mass is 16.5. The maximum Gasteiger partial charge on any atom is 0.337 e. The maximum absolute atomic E-state index is 13.0. The molecule has 0 amide bonds. The number of carbonyl (C=O) groups is 2. The molecule has 1 atom stereocenters. The molecule has 0 bridgehead atoms. The number of allylic oxidation sites excluding steroid dienone is 2. The molecule has 0 saturated heterocycles. The predicted octanol–water partition coefficient (Wildman–Crippen LogP) is 4.57. The van der Waals surface area contributed by atoms with Gasteiger partial charge in [-0.15, -0.1) is 0 Å². The largest absolute Gasteiger partial charge is 0.478 e. The Morgan fingerprint density at radius 1 is 0.967 bits per heavy atom. The average molecular weight is 403 g/mol. The van der Waals surface area contributed by atoms with Crippen molar-refractivity contribution >= 4 is 18.0 Å². The Bertz CT molecular complexity index is 1050. The van der Waals surface area contributed by atoms with E-state index >= 15 is 0 Å². The van der Waals surface area contributed by atoms with E-state index in [1.165, 1.54) is 0 Å². The van der Waals surface area contributed by atoms with Gasteiger partial charge in [-0.1, -0.05) is 60.7 Å². The van der Waals surface area contributed by atoms with Crippen LogP contribution in [-0.2, 0) is 14.3 Å². The zero-order valence-corrected chi connectivity index (χ0v) is 17.3. The van der Waals surface area contributed by atoms with E-state index in [0.717, 1.165) is 16.7 Å². The number of ether oxygens (including phenoxy) is 1. The smallest absolute Gasteiger partial charge is 0.337 e. The van der Waals surface area contributed by atoms with Crippen LogP contribution >= 0.6 is 0 Å². The monoisotopic (exact) mass is 403 g/mol. The van der Waals surface area contributed by atoms with Gasteiger partial charge in [0.15, 0.2) is 0 Å². The minimum absolute atomic E-state index is 0.0934. The summed E-state index contributed by atoms with van der Waals surface area (Å²) in [6, 6.07) is 17.2. The highest BCUT2D eigenvalue weighted by Crippen LogP contribution is 2.39. The number of esters is 1. The molecule has 5 heteroatoms. The SMILES string of the molecule is CC1=C(C(=O)O)C(c2ccccc2C)C(C(=O)OC/C=C/c2ccccc2)=C(C)N1. The third kappa shape index (κ3) is 4.51. The lowest BCUT2D eigenvalue weighted by Crippen LogP contribution is -2.32. The van der Waals surface area contributed by atoms with Crippen molar-refractivity contribution in [2.45, 2.75) is 26.7 Å². The van der Waals surface area contributed by atoms with Crippen LogP contribution in [0.4, 0.5) is 0 Å². The second-order valence-corrected chi connectivity index (χ2v) is 7.21. The van der Waals surface area contributed by atoms with E-state index in [1.54, 1.807) is 19.9 Å². The number of nitrogens with one attached hydrogen (secondary N) is 1. The summed E-state index contributed by atoms with van der Waals surface area (Å²) in [6.07, 6.45) is 3.64. The van der Waals surface area contributed by atoms with E-state index < -0.39 is 17.9 Å². The summed E-state index contributed by atoms with van der Waals surface area (Å²) in [5.41, 5.74) is 4.30. The first-order valence-electron chi connectivity index (χ1n) is 9.76. The highest BCUT2D eigenvalue weighted by molar-refractivity contribution is 5.99.